The fourth-order valence-corrected chi connectivity index (χ4v) is 2.36. The molecule has 2 atom stereocenters. The van der Waals surface area contributed by atoms with Crippen molar-refractivity contribution in [1.82, 2.24) is 4.98 Å². The van der Waals surface area contributed by atoms with Crippen molar-refractivity contribution in [2.45, 2.75) is 12.3 Å². The van der Waals surface area contributed by atoms with Gasteiger partial charge in [0.05, 0.1) is 18.7 Å². The van der Waals surface area contributed by atoms with E-state index in [2.05, 4.69) is 4.98 Å². The lowest BCUT2D eigenvalue weighted by Crippen LogP contribution is -2.00. The van der Waals surface area contributed by atoms with Crippen LogP contribution in [0.2, 0.25) is 0 Å². The number of aromatic nitrogens is 1. The Morgan fingerprint density at radius 3 is 2.94 bits per heavy atom. The van der Waals surface area contributed by atoms with Crippen molar-refractivity contribution in [3.8, 4) is 5.75 Å². The highest BCUT2D eigenvalue weighted by atomic mass is 16.5. The van der Waals surface area contributed by atoms with E-state index in [-0.39, 0.29) is 11.8 Å². The monoisotopic (exact) mass is 243 g/mol. The highest BCUT2D eigenvalue weighted by Gasteiger charge is 2.45. The molecule has 0 saturated heterocycles. The summed E-state index contributed by atoms with van der Waals surface area (Å²) in [6, 6.07) is 7.72. The van der Waals surface area contributed by atoms with Crippen LogP contribution in [0.1, 0.15) is 18.0 Å². The second kappa shape index (κ2) is 3.98. The maximum Gasteiger partial charge on any atom is 0.307 e. The standard InChI is InChI=1S/C14H13NO3/c1-18-9-3-2-8-4-5-15-13(10(8)6-9)11-7-12(11)14(16)17/h2-6,11-12H,7H2,1H3,(H,16,17). The highest BCUT2D eigenvalue weighted by molar-refractivity contribution is 5.88. The SMILES string of the molecule is COc1ccc2ccnc(C3CC3C(=O)O)c2c1. The minimum atomic E-state index is -0.735. The number of hydrogen-bond acceptors (Lipinski definition) is 3. The van der Waals surface area contributed by atoms with Crippen molar-refractivity contribution in [2.75, 3.05) is 7.11 Å². The van der Waals surface area contributed by atoms with Crippen molar-refractivity contribution in [3.63, 3.8) is 0 Å². The zero-order valence-corrected chi connectivity index (χ0v) is 9.96. The van der Waals surface area contributed by atoms with Crippen LogP contribution in [0, 0.1) is 5.92 Å². The van der Waals surface area contributed by atoms with Crippen molar-refractivity contribution >= 4 is 16.7 Å². The molecular formula is C14H13NO3. The number of fused-ring (bicyclic) bond motifs is 1. The third-order valence-corrected chi connectivity index (χ3v) is 3.46. The molecule has 0 bridgehead atoms. The van der Waals surface area contributed by atoms with Gasteiger partial charge in [-0.3, -0.25) is 9.78 Å². The summed E-state index contributed by atoms with van der Waals surface area (Å²) in [5.41, 5.74) is 0.874. The van der Waals surface area contributed by atoms with Gasteiger partial charge in [-0.1, -0.05) is 6.07 Å². The smallest absolute Gasteiger partial charge is 0.307 e. The summed E-state index contributed by atoms with van der Waals surface area (Å²) >= 11 is 0. The molecule has 1 aromatic carbocycles. The van der Waals surface area contributed by atoms with E-state index in [1.165, 1.54) is 0 Å². The summed E-state index contributed by atoms with van der Waals surface area (Å²) in [6.45, 7) is 0. The molecule has 1 aromatic heterocycles. The van der Waals surface area contributed by atoms with E-state index < -0.39 is 5.97 Å². The number of aliphatic carboxylic acids is 1. The lowest BCUT2D eigenvalue weighted by Gasteiger charge is -2.06. The Balaban J connectivity index is 2.09. The Morgan fingerprint density at radius 1 is 1.44 bits per heavy atom. The zero-order chi connectivity index (χ0) is 12.7. The minimum Gasteiger partial charge on any atom is -0.497 e. The lowest BCUT2D eigenvalue weighted by molar-refractivity contribution is -0.138. The maximum absolute atomic E-state index is 11.0. The quantitative estimate of drug-likeness (QED) is 0.899. The molecule has 1 N–H and O–H groups in total. The topological polar surface area (TPSA) is 59.4 Å². The molecule has 3 rings (SSSR count). The number of ether oxygens (including phenoxy) is 1. The van der Waals surface area contributed by atoms with Gasteiger partial charge >= 0.3 is 5.97 Å². The molecule has 0 spiro atoms. The second-order valence-corrected chi connectivity index (χ2v) is 4.57. The molecule has 1 saturated carbocycles. The third-order valence-electron chi connectivity index (χ3n) is 3.46. The van der Waals surface area contributed by atoms with E-state index in [1.54, 1.807) is 13.3 Å². The number of nitrogens with zero attached hydrogens (tertiary/aromatic N) is 1. The molecule has 0 amide bonds. The molecule has 0 aliphatic heterocycles. The van der Waals surface area contributed by atoms with Gasteiger partial charge in [0.2, 0.25) is 0 Å². The van der Waals surface area contributed by atoms with E-state index in [0.717, 1.165) is 22.2 Å². The van der Waals surface area contributed by atoms with Crippen LogP contribution >= 0.6 is 0 Å². The lowest BCUT2D eigenvalue weighted by atomic mass is 10.1. The first kappa shape index (κ1) is 11.0. The first-order valence-corrected chi connectivity index (χ1v) is 5.86. The summed E-state index contributed by atoms with van der Waals surface area (Å²) in [6.07, 6.45) is 2.42. The number of carbonyl (C=O) groups is 1. The largest absolute Gasteiger partial charge is 0.497 e. The van der Waals surface area contributed by atoms with Crippen LogP contribution in [-0.4, -0.2) is 23.2 Å². The van der Waals surface area contributed by atoms with Gasteiger partial charge in [0.25, 0.3) is 0 Å². The Labute approximate surface area is 104 Å². The zero-order valence-electron chi connectivity index (χ0n) is 9.96. The molecule has 1 fully saturated rings. The van der Waals surface area contributed by atoms with Crippen LogP contribution in [-0.2, 0) is 4.79 Å². The van der Waals surface area contributed by atoms with E-state index in [9.17, 15) is 4.79 Å². The summed E-state index contributed by atoms with van der Waals surface area (Å²) in [5, 5.41) is 11.1. The van der Waals surface area contributed by atoms with Crippen LogP contribution in [0.15, 0.2) is 30.5 Å². The number of carboxylic acids is 1. The average molecular weight is 243 g/mol. The van der Waals surface area contributed by atoms with Crippen LogP contribution in [0.5, 0.6) is 5.75 Å². The van der Waals surface area contributed by atoms with Crippen molar-refractivity contribution in [1.29, 1.82) is 0 Å². The Kier molecular flexibility index (Phi) is 2.44. The molecule has 2 unspecified atom stereocenters. The van der Waals surface area contributed by atoms with Crippen LogP contribution < -0.4 is 4.74 Å². The Bertz CT molecular complexity index is 623. The van der Waals surface area contributed by atoms with E-state index in [1.807, 2.05) is 24.3 Å². The molecule has 4 nitrogen and oxygen atoms in total. The van der Waals surface area contributed by atoms with Gasteiger partial charge in [0, 0.05) is 17.5 Å². The first-order chi connectivity index (χ1) is 8.70. The van der Waals surface area contributed by atoms with Gasteiger partial charge < -0.3 is 9.84 Å². The summed E-state index contributed by atoms with van der Waals surface area (Å²) in [4.78, 5) is 15.3. The normalized spacial score (nSPS) is 21.8. The van der Waals surface area contributed by atoms with E-state index in [4.69, 9.17) is 9.84 Å². The van der Waals surface area contributed by atoms with Crippen molar-refractivity contribution in [2.24, 2.45) is 5.92 Å². The number of methoxy groups -OCH3 is 1. The molecule has 2 aromatic rings. The van der Waals surface area contributed by atoms with Gasteiger partial charge in [-0.15, -0.1) is 0 Å². The van der Waals surface area contributed by atoms with Gasteiger partial charge in [-0.25, -0.2) is 0 Å². The first-order valence-electron chi connectivity index (χ1n) is 5.86. The second-order valence-electron chi connectivity index (χ2n) is 4.57. The van der Waals surface area contributed by atoms with Crippen LogP contribution in [0.25, 0.3) is 10.8 Å². The predicted molar refractivity (Wildman–Crippen MR) is 66.8 cm³/mol. The molecule has 18 heavy (non-hydrogen) atoms. The summed E-state index contributed by atoms with van der Waals surface area (Å²) < 4.78 is 5.21. The molecule has 1 aliphatic rings. The summed E-state index contributed by atoms with van der Waals surface area (Å²) in [7, 11) is 1.62. The Hall–Kier alpha value is -2.10. The van der Waals surface area contributed by atoms with Crippen LogP contribution in [0.3, 0.4) is 0 Å². The average Bonchev–Trinajstić information content (AvgIpc) is 3.17. The van der Waals surface area contributed by atoms with Gasteiger partial charge in [0.15, 0.2) is 0 Å². The minimum absolute atomic E-state index is 0.0401. The molecular weight excluding hydrogens is 230 g/mol. The molecule has 1 heterocycles. The van der Waals surface area contributed by atoms with Gasteiger partial charge in [-0.2, -0.15) is 0 Å². The highest BCUT2D eigenvalue weighted by Crippen LogP contribution is 2.48. The van der Waals surface area contributed by atoms with Crippen molar-refractivity contribution < 1.29 is 14.6 Å². The molecule has 1 aliphatic carbocycles. The number of rotatable bonds is 3. The fourth-order valence-electron chi connectivity index (χ4n) is 2.36. The fraction of sp³-hybridized carbons (Fsp3) is 0.286. The number of benzene rings is 1. The summed E-state index contributed by atoms with van der Waals surface area (Å²) in [5.74, 6) is -0.210. The molecule has 0 radical (unpaired) electrons. The van der Waals surface area contributed by atoms with Crippen LogP contribution in [0.4, 0.5) is 0 Å². The van der Waals surface area contributed by atoms with Gasteiger partial charge in [-0.05, 0) is 30.0 Å². The molecule has 92 valence electrons. The number of carboxylic acid groups (broad SMARTS) is 1. The molecule has 4 heteroatoms. The third kappa shape index (κ3) is 1.70. The number of hydrogen-bond donors (Lipinski definition) is 1. The maximum atomic E-state index is 11.0. The van der Waals surface area contributed by atoms with E-state index >= 15 is 0 Å². The number of pyridine rings is 1. The van der Waals surface area contributed by atoms with Gasteiger partial charge in [0.1, 0.15) is 5.75 Å². The Morgan fingerprint density at radius 2 is 2.28 bits per heavy atom. The predicted octanol–water partition coefficient (Wildman–Crippen LogP) is 2.43. The van der Waals surface area contributed by atoms with E-state index in [0.29, 0.717) is 6.42 Å². The van der Waals surface area contributed by atoms with Crippen molar-refractivity contribution in [3.05, 3.63) is 36.2 Å².